The van der Waals surface area contributed by atoms with Crippen LogP contribution in [0.25, 0.3) is 0 Å². The molecular weight excluding hydrogens is 254 g/mol. The number of unbranched alkanes of at least 4 members (excludes halogenated alkanes) is 1. The molecule has 5 nitrogen and oxygen atoms in total. The van der Waals surface area contributed by atoms with Crippen LogP contribution in [-0.4, -0.2) is 24.5 Å². The predicted molar refractivity (Wildman–Crippen MR) is 78.9 cm³/mol. The fourth-order valence-corrected chi connectivity index (χ4v) is 1.80. The summed E-state index contributed by atoms with van der Waals surface area (Å²) >= 11 is 0. The summed E-state index contributed by atoms with van der Waals surface area (Å²) in [6.07, 6.45) is 4.11. The fraction of sp³-hybridized carbons (Fsp3) is 0.467. The van der Waals surface area contributed by atoms with Crippen molar-refractivity contribution in [2.75, 3.05) is 11.9 Å². The van der Waals surface area contributed by atoms with E-state index in [4.69, 9.17) is 0 Å². The van der Waals surface area contributed by atoms with Gasteiger partial charge in [-0.25, -0.2) is 4.79 Å². The Bertz CT molecular complexity index is 484. The molecule has 3 amide bonds. The smallest absolute Gasteiger partial charge is 0.319 e. The summed E-state index contributed by atoms with van der Waals surface area (Å²) in [7, 11) is 0. The van der Waals surface area contributed by atoms with Gasteiger partial charge in [0.05, 0.1) is 0 Å². The molecule has 0 aliphatic heterocycles. The summed E-state index contributed by atoms with van der Waals surface area (Å²) in [5.74, 6) is -0.107. The van der Waals surface area contributed by atoms with Gasteiger partial charge in [0, 0.05) is 23.8 Å². The molecule has 0 unspecified atom stereocenters. The second kappa shape index (κ2) is 6.93. The van der Waals surface area contributed by atoms with Crippen molar-refractivity contribution in [1.29, 1.82) is 0 Å². The number of anilines is 1. The Morgan fingerprint density at radius 2 is 2.10 bits per heavy atom. The van der Waals surface area contributed by atoms with Gasteiger partial charge in [0.1, 0.15) is 0 Å². The lowest BCUT2D eigenvalue weighted by Crippen LogP contribution is -2.30. The molecule has 1 fully saturated rings. The number of urea groups is 1. The van der Waals surface area contributed by atoms with Crippen molar-refractivity contribution in [3.63, 3.8) is 0 Å². The van der Waals surface area contributed by atoms with E-state index in [2.05, 4.69) is 22.9 Å². The molecule has 20 heavy (non-hydrogen) atoms. The molecule has 1 aromatic carbocycles. The van der Waals surface area contributed by atoms with Crippen molar-refractivity contribution >= 4 is 17.6 Å². The van der Waals surface area contributed by atoms with Gasteiger partial charge in [-0.1, -0.05) is 19.4 Å². The molecule has 1 aliphatic rings. The van der Waals surface area contributed by atoms with Gasteiger partial charge in [-0.2, -0.15) is 0 Å². The van der Waals surface area contributed by atoms with Crippen LogP contribution in [0.5, 0.6) is 0 Å². The Morgan fingerprint density at radius 1 is 1.30 bits per heavy atom. The first-order valence-corrected chi connectivity index (χ1v) is 7.15. The number of benzene rings is 1. The summed E-state index contributed by atoms with van der Waals surface area (Å²) in [6, 6.07) is 7.07. The normalized spacial score (nSPS) is 13.7. The van der Waals surface area contributed by atoms with Gasteiger partial charge in [-0.3, -0.25) is 4.79 Å². The van der Waals surface area contributed by atoms with Crippen molar-refractivity contribution in [2.24, 2.45) is 0 Å². The third kappa shape index (κ3) is 4.57. The van der Waals surface area contributed by atoms with E-state index in [0.717, 1.165) is 25.7 Å². The predicted octanol–water partition coefficient (Wildman–Crippen LogP) is 2.50. The van der Waals surface area contributed by atoms with Crippen molar-refractivity contribution in [3.05, 3.63) is 29.8 Å². The van der Waals surface area contributed by atoms with E-state index in [1.165, 1.54) is 0 Å². The minimum atomic E-state index is -0.212. The molecule has 1 saturated carbocycles. The van der Waals surface area contributed by atoms with E-state index in [1.807, 2.05) is 0 Å². The summed E-state index contributed by atoms with van der Waals surface area (Å²) in [6.45, 7) is 2.75. The molecule has 0 bridgehead atoms. The third-order valence-electron chi connectivity index (χ3n) is 3.11. The molecule has 3 N–H and O–H groups in total. The average Bonchev–Trinajstić information content (AvgIpc) is 3.23. The Balaban J connectivity index is 1.89. The number of nitrogens with one attached hydrogen (secondary N) is 3. The van der Waals surface area contributed by atoms with E-state index in [-0.39, 0.29) is 11.9 Å². The minimum absolute atomic E-state index is 0.107. The van der Waals surface area contributed by atoms with Crippen molar-refractivity contribution in [3.8, 4) is 0 Å². The fourth-order valence-electron chi connectivity index (χ4n) is 1.80. The first-order valence-electron chi connectivity index (χ1n) is 7.15. The van der Waals surface area contributed by atoms with Crippen LogP contribution in [0.1, 0.15) is 43.0 Å². The van der Waals surface area contributed by atoms with Crippen molar-refractivity contribution < 1.29 is 9.59 Å². The third-order valence-corrected chi connectivity index (χ3v) is 3.11. The van der Waals surface area contributed by atoms with Crippen LogP contribution in [0.3, 0.4) is 0 Å². The maximum absolute atomic E-state index is 11.9. The molecule has 2 rings (SSSR count). The SMILES string of the molecule is CCCCNC(=O)c1cccc(NC(=O)NC2CC2)c1. The van der Waals surface area contributed by atoms with Gasteiger partial charge in [-0.15, -0.1) is 0 Å². The molecule has 0 saturated heterocycles. The zero-order valence-corrected chi connectivity index (χ0v) is 11.7. The summed E-state index contributed by atoms with van der Waals surface area (Å²) in [5.41, 5.74) is 1.19. The monoisotopic (exact) mass is 275 g/mol. The lowest BCUT2D eigenvalue weighted by molar-refractivity contribution is 0.0953. The number of carbonyl (C=O) groups excluding carboxylic acids is 2. The zero-order valence-electron chi connectivity index (χ0n) is 11.7. The second-order valence-corrected chi connectivity index (χ2v) is 5.06. The Labute approximate surface area is 119 Å². The Hall–Kier alpha value is -2.04. The number of hydrogen-bond donors (Lipinski definition) is 3. The van der Waals surface area contributed by atoms with E-state index < -0.39 is 0 Å². The number of carbonyl (C=O) groups is 2. The van der Waals surface area contributed by atoms with E-state index in [1.54, 1.807) is 24.3 Å². The van der Waals surface area contributed by atoms with E-state index in [0.29, 0.717) is 23.8 Å². The minimum Gasteiger partial charge on any atom is -0.352 e. The molecule has 1 aromatic rings. The summed E-state index contributed by atoms with van der Waals surface area (Å²) in [4.78, 5) is 23.5. The highest BCUT2D eigenvalue weighted by molar-refractivity contribution is 5.96. The van der Waals surface area contributed by atoms with Gasteiger partial charge in [0.15, 0.2) is 0 Å². The topological polar surface area (TPSA) is 70.2 Å². The van der Waals surface area contributed by atoms with Gasteiger partial charge in [0.2, 0.25) is 0 Å². The van der Waals surface area contributed by atoms with Crippen LogP contribution < -0.4 is 16.0 Å². The van der Waals surface area contributed by atoms with Crippen LogP contribution in [-0.2, 0) is 0 Å². The lowest BCUT2D eigenvalue weighted by Gasteiger charge is -2.09. The molecule has 0 heterocycles. The van der Waals surface area contributed by atoms with Gasteiger partial charge in [-0.05, 0) is 37.5 Å². The quantitative estimate of drug-likeness (QED) is 0.698. The maximum atomic E-state index is 11.9. The first-order chi connectivity index (χ1) is 9.69. The van der Waals surface area contributed by atoms with E-state index >= 15 is 0 Å². The second-order valence-electron chi connectivity index (χ2n) is 5.06. The molecular formula is C15H21N3O2. The highest BCUT2D eigenvalue weighted by atomic mass is 16.2. The van der Waals surface area contributed by atoms with Crippen LogP contribution >= 0.6 is 0 Å². The first kappa shape index (κ1) is 14.4. The number of rotatable bonds is 6. The molecule has 5 heteroatoms. The van der Waals surface area contributed by atoms with Gasteiger partial charge >= 0.3 is 6.03 Å². The van der Waals surface area contributed by atoms with Crippen molar-refractivity contribution in [2.45, 2.75) is 38.6 Å². The number of hydrogen-bond acceptors (Lipinski definition) is 2. The maximum Gasteiger partial charge on any atom is 0.319 e. The highest BCUT2D eigenvalue weighted by Crippen LogP contribution is 2.19. The Morgan fingerprint density at radius 3 is 2.80 bits per heavy atom. The van der Waals surface area contributed by atoms with Crippen LogP contribution in [0.4, 0.5) is 10.5 Å². The molecule has 0 spiro atoms. The highest BCUT2D eigenvalue weighted by Gasteiger charge is 2.23. The molecule has 0 radical (unpaired) electrons. The van der Waals surface area contributed by atoms with Crippen LogP contribution in [0, 0.1) is 0 Å². The Kier molecular flexibility index (Phi) is 4.98. The largest absolute Gasteiger partial charge is 0.352 e. The zero-order chi connectivity index (χ0) is 14.4. The molecule has 108 valence electrons. The molecule has 1 aliphatic carbocycles. The van der Waals surface area contributed by atoms with E-state index in [9.17, 15) is 9.59 Å². The summed E-state index contributed by atoms with van der Waals surface area (Å²) < 4.78 is 0. The summed E-state index contributed by atoms with van der Waals surface area (Å²) in [5, 5.41) is 8.44. The van der Waals surface area contributed by atoms with Crippen LogP contribution in [0.15, 0.2) is 24.3 Å². The van der Waals surface area contributed by atoms with Gasteiger partial charge < -0.3 is 16.0 Å². The average molecular weight is 275 g/mol. The lowest BCUT2D eigenvalue weighted by atomic mass is 10.2. The number of amides is 3. The van der Waals surface area contributed by atoms with Gasteiger partial charge in [0.25, 0.3) is 5.91 Å². The van der Waals surface area contributed by atoms with Crippen LogP contribution in [0.2, 0.25) is 0 Å². The standard InChI is InChI=1S/C15H21N3O2/c1-2-3-9-16-14(19)11-5-4-6-13(10-11)18-15(20)17-12-7-8-12/h4-6,10,12H,2-3,7-9H2,1H3,(H,16,19)(H2,17,18,20). The molecule has 0 atom stereocenters. The van der Waals surface area contributed by atoms with Crippen molar-refractivity contribution in [1.82, 2.24) is 10.6 Å². The molecule has 0 aromatic heterocycles.